The van der Waals surface area contributed by atoms with Crippen LogP contribution in [0.5, 0.6) is 5.75 Å². The Morgan fingerprint density at radius 1 is 1.08 bits per heavy atom. The summed E-state index contributed by atoms with van der Waals surface area (Å²) in [5.74, 6) is -2.70. The summed E-state index contributed by atoms with van der Waals surface area (Å²) in [6.45, 7) is 2.68. The highest BCUT2D eigenvalue weighted by molar-refractivity contribution is 5.92. The maximum atomic E-state index is 12.4. The molecule has 0 aliphatic rings. The number of hydrogen-bond acceptors (Lipinski definition) is 6. The summed E-state index contributed by atoms with van der Waals surface area (Å²) >= 11 is 0. The molecule has 0 bridgehead atoms. The average Bonchev–Trinajstić information content (AvgIpc) is 2.52. The molecule has 1 aromatic rings. The highest BCUT2D eigenvalue weighted by atomic mass is 16.4. The number of aliphatic hydroxyl groups is 1. The Morgan fingerprint density at radius 2 is 1.64 bits per heavy atom. The zero-order chi connectivity index (χ0) is 19.1. The van der Waals surface area contributed by atoms with Crippen molar-refractivity contribution in [1.29, 1.82) is 0 Å². The molecule has 1 rings (SSSR count). The zero-order valence-corrected chi connectivity index (χ0v) is 14.0. The van der Waals surface area contributed by atoms with Gasteiger partial charge in [0, 0.05) is 6.42 Å². The number of carboxylic acids is 1. The van der Waals surface area contributed by atoms with E-state index >= 15 is 0 Å². The first-order chi connectivity index (χ1) is 11.6. The molecule has 0 saturated carbocycles. The molecule has 0 fully saturated rings. The summed E-state index contributed by atoms with van der Waals surface area (Å²) in [5, 5.41) is 32.5. The van der Waals surface area contributed by atoms with Crippen LogP contribution in [0.3, 0.4) is 0 Å². The fourth-order valence-corrected chi connectivity index (χ4v) is 2.02. The number of hydrogen-bond donors (Lipinski definition) is 6. The zero-order valence-electron chi connectivity index (χ0n) is 14.0. The lowest BCUT2D eigenvalue weighted by Gasteiger charge is -2.23. The number of benzene rings is 1. The Balaban J connectivity index is 2.95. The molecule has 0 spiro atoms. The summed E-state index contributed by atoms with van der Waals surface area (Å²) < 4.78 is 0. The Kier molecular flexibility index (Phi) is 7.34. The van der Waals surface area contributed by atoms with Gasteiger partial charge in [-0.15, -0.1) is 0 Å². The van der Waals surface area contributed by atoms with Gasteiger partial charge in [0.15, 0.2) is 6.04 Å². The lowest BCUT2D eigenvalue weighted by Crippen LogP contribution is -2.56. The Bertz CT molecular complexity index is 615. The molecule has 0 aliphatic carbocycles. The van der Waals surface area contributed by atoms with Gasteiger partial charge in [-0.2, -0.15) is 0 Å². The van der Waals surface area contributed by atoms with Gasteiger partial charge in [-0.25, -0.2) is 4.79 Å². The molecule has 2 amide bonds. The van der Waals surface area contributed by atoms with Gasteiger partial charge in [0.2, 0.25) is 11.8 Å². The van der Waals surface area contributed by atoms with Crippen LogP contribution in [0, 0.1) is 0 Å². The lowest BCUT2D eigenvalue weighted by atomic mass is 10.0. The number of nitrogens with two attached hydrogens (primary N) is 1. The second-order valence-electron chi connectivity index (χ2n) is 5.79. The average molecular weight is 353 g/mol. The van der Waals surface area contributed by atoms with Crippen molar-refractivity contribution >= 4 is 17.8 Å². The van der Waals surface area contributed by atoms with Gasteiger partial charge < -0.3 is 31.7 Å². The molecule has 0 saturated heterocycles. The molecule has 4 atom stereocenters. The van der Waals surface area contributed by atoms with E-state index < -0.39 is 42.0 Å². The van der Waals surface area contributed by atoms with Crippen molar-refractivity contribution in [3.8, 4) is 5.75 Å². The van der Waals surface area contributed by atoms with Crippen LogP contribution in [0.4, 0.5) is 0 Å². The number of amides is 2. The van der Waals surface area contributed by atoms with Gasteiger partial charge in [-0.05, 0) is 31.5 Å². The summed E-state index contributed by atoms with van der Waals surface area (Å²) in [6.07, 6.45) is -1.27. The number of phenols is 1. The van der Waals surface area contributed by atoms with Gasteiger partial charge >= 0.3 is 5.97 Å². The van der Waals surface area contributed by atoms with E-state index in [-0.39, 0.29) is 12.2 Å². The van der Waals surface area contributed by atoms with Crippen molar-refractivity contribution in [2.24, 2.45) is 5.73 Å². The number of carbonyl (C=O) groups is 3. The molecule has 25 heavy (non-hydrogen) atoms. The predicted octanol–water partition coefficient (Wildman–Crippen LogP) is -1.28. The standard InChI is InChI=1S/C16H23N3O6/c1-8(17)14(22)18-12(7-10-3-5-11(21)6-4-10)15(23)19-13(9(2)20)16(24)25/h3-6,8-9,12-13,20-21H,7,17H2,1-2H3,(H,18,22)(H,19,23)(H,24,25). The number of nitrogens with one attached hydrogen (secondary N) is 2. The van der Waals surface area contributed by atoms with E-state index in [1.807, 2.05) is 0 Å². The number of aromatic hydroxyl groups is 1. The molecule has 9 nitrogen and oxygen atoms in total. The van der Waals surface area contributed by atoms with Crippen molar-refractivity contribution in [2.75, 3.05) is 0 Å². The minimum absolute atomic E-state index is 0.0458. The number of carbonyl (C=O) groups excluding carboxylic acids is 2. The van der Waals surface area contributed by atoms with Gasteiger partial charge in [-0.1, -0.05) is 12.1 Å². The summed E-state index contributed by atoms with van der Waals surface area (Å²) in [5.41, 5.74) is 6.12. The molecule has 0 heterocycles. The monoisotopic (exact) mass is 353 g/mol. The minimum atomic E-state index is -1.51. The van der Waals surface area contributed by atoms with Crippen LogP contribution in [0.2, 0.25) is 0 Å². The number of carboxylic acid groups (broad SMARTS) is 1. The van der Waals surface area contributed by atoms with Crippen LogP contribution in [-0.4, -0.2) is 57.3 Å². The number of aliphatic carboxylic acids is 1. The van der Waals surface area contributed by atoms with Crippen molar-refractivity contribution < 1.29 is 29.7 Å². The van der Waals surface area contributed by atoms with Gasteiger partial charge in [0.25, 0.3) is 0 Å². The highest BCUT2D eigenvalue weighted by Crippen LogP contribution is 2.12. The molecular formula is C16H23N3O6. The molecule has 138 valence electrons. The third-order valence-electron chi connectivity index (χ3n) is 3.47. The molecule has 7 N–H and O–H groups in total. The Hall–Kier alpha value is -2.65. The predicted molar refractivity (Wildman–Crippen MR) is 88.6 cm³/mol. The topological polar surface area (TPSA) is 162 Å². The quantitative estimate of drug-likeness (QED) is 0.339. The summed E-state index contributed by atoms with van der Waals surface area (Å²) in [6, 6.07) is 2.52. The molecule has 4 unspecified atom stereocenters. The van der Waals surface area contributed by atoms with Crippen LogP contribution >= 0.6 is 0 Å². The van der Waals surface area contributed by atoms with Gasteiger partial charge in [-0.3, -0.25) is 9.59 Å². The van der Waals surface area contributed by atoms with Crippen molar-refractivity contribution in [3.63, 3.8) is 0 Å². The van der Waals surface area contributed by atoms with E-state index in [1.165, 1.54) is 26.0 Å². The van der Waals surface area contributed by atoms with Crippen LogP contribution in [-0.2, 0) is 20.8 Å². The maximum absolute atomic E-state index is 12.4. The van der Waals surface area contributed by atoms with Crippen molar-refractivity contribution in [2.45, 2.75) is 44.5 Å². The molecular weight excluding hydrogens is 330 g/mol. The SMILES string of the molecule is CC(N)C(=O)NC(Cc1ccc(O)cc1)C(=O)NC(C(=O)O)C(C)O. The third-order valence-corrected chi connectivity index (χ3v) is 3.47. The van der Waals surface area contributed by atoms with Crippen LogP contribution in [0.15, 0.2) is 24.3 Å². The summed E-state index contributed by atoms with van der Waals surface area (Å²) in [4.78, 5) is 35.4. The van der Waals surface area contributed by atoms with Crippen LogP contribution < -0.4 is 16.4 Å². The Labute approximate surface area is 144 Å². The molecule has 0 aliphatic heterocycles. The van der Waals surface area contributed by atoms with Crippen molar-refractivity contribution in [1.82, 2.24) is 10.6 Å². The van der Waals surface area contributed by atoms with E-state index in [9.17, 15) is 24.6 Å². The Morgan fingerprint density at radius 3 is 2.08 bits per heavy atom. The van der Waals surface area contributed by atoms with Crippen molar-refractivity contribution in [3.05, 3.63) is 29.8 Å². The fourth-order valence-electron chi connectivity index (χ4n) is 2.02. The van der Waals surface area contributed by atoms with E-state index in [0.29, 0.717) is 5.56 Å². The minimum Gasteiger partial charge on any atom is -0.508 e. The first kappa shape index (κ1) is 20.4. The molecule has 1 aromatic carbocycles. The van der Waals surface area contributed by atoms with Crippen LogP contribution in [0.1, 0.15) is 19.4 Å². The normalized spacial score (nSPS) is 15.5. The van der Waals surface area contributed by atoms with E-state index in [2.05, 4.69) is 10.6 Å². The number of phenolic OH excluding ortho intramolecular Hbond substituents is 1. The number of rotatable bonds is 8. The molecule has 0 aromatic heterocycles. The first-order valence-electron chi connectivity index (χ1n) is 7.67. The smallest absolute Gasteiger partial charge is 0.328 e. The van der Waals surface area contributed by atoms with E-state index in [1.54, 1.807) is 12.1 Å². The van der Waals surface area contributed by atoms with Crippen LogP contribution in [0.25, 0.3) is 0 Å². The largest absolute Gasteiger partial charge is 0.508 e. The first-order valence-corrected chi connectivity index (χ1v) is 7.67. The molecule has 9 heteroatoms. The molecule has 0 radical (unpaired) electrons. The van der Waals surface area contributed by atoms with E-state index in [4.69, 9.17) is 10.8 Å². The third kappa shape index (κ3) is 6.40. The fraction of sp³-hybridized carbons (Fsp3) is 0.438. The van der Waals surface area contributed by atoms with Gasteiger partial charge in [0.05, 0.1) is 12.1 Å². The van der Waals surface area contributed by atoms with Gasteiger partial charge in [0.1, 0.15) is 11.8 Å². The maximum Gasteiger partial charge on any atom is 0.328 e. The second-order valence-corrected chi connectivity index (χ2v) is 5.79. The lowest BCUT2D eigenvalue weighted by molar-refractivity contribution is -0.145. The number of aliphatic hydroxyl groups excluding tert-OH is 1. The summed E-state index contributed by atoms with van der Waals surface area (Å²) in [7, 11) is 0. The second kappa shape index (κ2) is 9.00. The van der Waals surface area contributed by atoms with E-state index in [0.717, 1.165) is 0 Å². The highest BCUT2D eigenvalue weighted by Gasteiger charge is 2.30.